The Balaban J connectivity index is 2.78. The fraction of sp³-hybridized carbons (Fsp3) is 0.417. The minimum Gasteiger partial charge on any atom is -0.362 e. The molecule has 1 atom stereocenters. The van der Waals surface area contributed by atoms with Crippen molar-refractivity contribution in [3.63, 3.8) is 0 Å². The summed E-state index contributed by atoms with van der Waals surface area (Å²) in [5.74, 6) is -0.187. The number of nitrogens with one attached hydrogen (secondary N) is 2. The number of amides is 1. The Bertz CT molecular complexity index is 434. The fourth-order valence-corrected chi connectivity index (χ4v) is 1.92. The average molecular weight is 344 g/mol. The van der Waals surface area contributed by atoms with Crippen LogP contribution in [0.25, 0.3) is 0 Å². The van der Waals surface area contributed by atoms with Crippen molar-refractivity contribution in [2.75, 3.05) is 5.32 Å². The van der Waals surface area contributed by atoms with Crippen LogP contribution in [0.5, 0.6) is 0 Å². The average Bonchev–Trinajstić information content (AvgIpc) is 2.27. The summed E-state index contributed by atoms with van der Waals surface area (Å²) in [6.07, 6.45) is 0.249. The Morgan fingerprint density at radius 3 is 2.58 bits per heavy atom. The monoisotopic (exact) mass is 342 g/mol. The summed E-state index contributed by atoms with van der Waals surface area (Å²) in [4.78, 5) is 11.6. The maximum atomic E-state index is 11.6. The predicted octanol–water partition coefficient (Wildman–Crippen LogP) is 4.36. The molecule has 0 fully saturated rings. The van der Waals surface area contributed by atoms with E-state index in [0.717, 1.165) is 6.42 Å². The van der Waals surface area contributed by atoms with Crippen LogP contribution in [0.4, 0.5) is 5.69 Å². The number of alkyl halides is 3. The SMILES string of the molecule is CCCC(=O)NC(Nc1cccc(Cl)c1)C(Cl)(Cl)Cl. The molecule has 1 amide bonds. The van der Waals surface area contributed by atoms with Gasteiger partial charge in [-0.05, 0) is 24.6 Å². The number of halogens is 4. The molecule has 1 aromatic rings. The van der Waals surface area contributed by atoms with Crippen LogP contribution < -0.4 is 10.6 Å². The van der Waals surface area contributed by atoms with E-state index in [9.17, 15) is 4.79 Å². The van der Waals surface area contributed by atoms with Crippen molar-refractivity contribution in [1.29, 1.82) is 0 Å². The summed E-state index contributed by atoms with van der Waals surface area (Å²) in [5, 5.41) is 6.12. The number of rotatable bonds is 5. The summed E-state index contributed by atoms with van der Waals surface area (Å²) in [6.45, 7) is 1.90. The van der Waals surface area contributed by atoms with Crippen LogP contribution >= 0.6 is 46.4 Å². The maximum Gasteiger partial charge on any atom is 0.228 e. The lowest BCUT2D eigenvalue weighted by molar-refractivity contribution is -0.121. The molecule has 106 valence electrons. The van der Waals surface area contributed by atoms with E-state index in [1.165, 1.54) is 0 Å². The molecule has 0 spiro atoms. The van der Waals surface area contributed by atoms with Crippen LogP contribution in [0.2, 0.25) is 5.02 Å². The predicted molar refractivity (Wildman–Crippen MR) is 82.2 cm³/mol. The van der Waals surface area contributed by atoms with Crippen LogP contribution in [0.15, 0.2) is 24.3 Å². The van der Waals surface area contributed by atoms with Gasteiger partial charge in [-0.15, -0.1) is 0 Å². The molecule has 0 bridgehead atoms. The fourth-order valence-electron chi connectivity index (χ4n) is 1.40. The molecule has 0 saturated heterocycles. The van der Waals surface area contributed by atoms with Crippen molar-refractivity contribution in [1.82, 2.24) is 5.32 Å². The van der Waals surface area contributed by atoms with Crippen molar-refractivity contribution < 1.29 is 4.79 Å². The number of benzene rings is 1. The van der Waals surface area contributed by atoms with E-state index < -0.39 is 9.96 Å². The third-order valence-corrected chi connectivity index (χ3v) is 3.14. The first-order valence-corrected chi connectivity index (χ1v) is 7.22. The van der Waals surface area contributed by atoms with E-state index >= 15 is 0 Å². The Kier molecular flexibility index (Phi) is 6.54. The molecule has 1 unspecified atom stereocenters. The molecule has 0 aromatic heterocycles. The highest BCUT2D eigenvalue weighted by molar-refractivity contribution is 6.68. The minimum atomic E-state index is -1.67. The smallest absolute Gasteiger partial charge is 0.228 e. The number of carbonyl (C=O) groups is 1. The van der Waals surface area contributed by atoms with E-state index in [2.05, 4.69) is 10.6 Å². The van der Waals surface area contributed by atoms with Gasteiger partial charge in [0, 0.05) is 17.1 Å². The first-order valence-electron chi connectivity index (χ1n) is 5.71. The topological polar surface area (TPSA) is 41.1 Å². The number of hydrogen-bond donors (Lipinski definition) is 2. The number of anilines is 1. The molecular formula is C12H14Cl4N2O. The molecule has 2 N–H and O–H groups in total. The van der Waals surface area contributed by atoms with Crippen LogP contribution in [-0.2, 0) is 4.79 Å². The molecule has 1 rings (SSSR count). The van der Waals surface area contributed by atoms with Gasteiger partial charge in [0.25, 0.3) is 0 Å². The van der Waals surface area contributed by atoms with Crippen molar-refractivity contribution in [3.8, 4) is 0 Å². The summed E-state index contributed by atoms with van der Waals surface area (Å²) < 4.78 is -1.67. The zero-order chi connectivity index (χ0) is 14.5. The van der Waals surface area contributed by atoms with Gasteiger partial charge in [-0.25, -0.2) is 0 Å². The number of carbonyl (C=O) groups excluding carboxylic acids is 1. The quantitative estimate of drug-likeness (QED) is 0.615. The minimum absolute atomic E-state index is 0.187. The zero-order valence-corrected chi connectivity index (χ0v) is 13.2. The molecule has 0 saturated carbocycles. The highest BCUT2D eigenvalue weighted by atomic mass is 35.6. The van der Waals surface area contributed by atoms with Crippen LogP contribution in [0, 0.1) is 0 Å². The Morgan fingerprint density at radius 2 is 2.05 bits per heavy atom. The second-order valence-corrected chi connectivity index (χ2v) is 6.75. The van der Waals surface area contributed by atoms with E-state index in [4.69, 9.17) is 46.4 Å². The van der Waals surface area contributed by atoms with Gasteiger partial charge in [0.1, 0.15) is 6.17 Å². The molecule has 1 aromatic carbocycles. The van der Waals surface area contributed by atoms with E-state index in [-0.39, 0.29) is 5.91 Å². The lowest BCUT2D eigenvalue weighted by Crippen LogP contribution is -2.49. The Morgan fingerprint density at radius 1 is 1.37 bits per heavy atom. The van der Waals surface area contributed by atoms with Gasteiger partial charge in [-0.1, -0.05) is 59.4 Å². The molecular weight excluding hydrogens is 330 g/mol. The van der Waals surface area contributed by atoms with Gasteiger partial charge >= 0.3 is 0 Å². The van der Waals surface area contributed by atoms with Gasteiger partial charge in [-0.2, -0.15) is 0 Å². The third kappa shape index (κ3) is 6.09. The second kappa shape index (κ2) is 7.44. The van der Waals surface area contributed by atoms with Crippen molar-refractivity contribution in [2.24, 2.45) is 0 Å². The zero-order valence-electron chi connectivity index (χ0n) is 10.2. The third-order valence-electron chi connectivity index (χ3n) is 2.25. The van der Waals surface area contributed by atoms with Gasteiger partial charge in [-0.3, -0.25) is 4.79 Å². The van der Waals surface area contributed by atoms with E-state index in [0.29, 0.717) is 17.1 Å². The summed E-state index contributed by atoms with van der Waals surface area (Å²) in [5.41, 5.74) is 0.653. The summed E-state index contributed by atoms with van der Waals surface area (Å²) >= 11 is 23.4. The van der Waals surface area contributed by atoms with Gasteiger partial charge in [0.2, 0.25) is 9.70 Å². The first kappa shape index (κ1) is 16.7. The van der Waals surface area contributed by atoms with Crippen molar-refractivity contribution in [3.05, 3.63) is 29.3 Å². The molecule has 0 aliphatic rings. The molecule has 0 aliphatic heterocycles. The highest BCUT2D eigenvalue weighted by Crippen LogP contribution is 2.31. The Hall–Kier alpha value is -0.350. The van der Waals surface area contributed by atoms with Gasteiger partial charge < -0.3 is 10.6 Å². The van der Waals surface area contributed by atoms with Gasteiger partial charge in [0.15, 0.2) is 0 Å². The summed E-state index contributed by atoms with van der Waals surface area (Å²) in [7, 11) is 0. The number of hydrogen-bond acceptors (Lipinski definition) is 2. The van der Waals surface area contributed by atoms with Crippen molar-refractivity contribution >= 4 is 58.0 Å². The van der Waals surface area contributed by atoms with Crippen LogP contribution in [-0.4, -0.2) is 15.9 Å². The Labute approximate surface area is 132 Å². The van der Waals surface area contributed by atoms with Crippen LogP contribution in [0.3, 0.4) is 0 Å². The largest absolute Gasteiger partial charge is 0.362 e. The highest BCUT2D eigenvalue weighted by Gasteiger charge is 2.33. The van der Waals surface area contributed by atoms with Crippen LogP contribution in [0.1, 0.15) is 19.8 Å². The lowest BCUT2D eigenvalue weighted by Gasteiger charge is -2.27. The second-order valence-electron chi connectivity index (χ2n) is 3.95. The van der Waals surface area contributed by atoms with E-state index in [1.807, 2.05) is 6.92 Å². The van der Waals surface area contributed by atoms with E-state index in [1.54, 1.807) is 24.3 Å². The lowest BCUT2D eigenvalue weighted by atomic mass is 10.3. The molecule has 3 nitrogen and oxygen atoms in total. The standard InChI is InChI=1S/C12H14Cl4N2O/c1-2-4-10(19)18-11(12(14,15)16)17-9-6-3-5-8(13)7-9/h3,5-7,11,17H,2,4H2,1H3,(H,18,19). The summed E-state index contributed by atoms with van der Waals surface area (Å²) in [6, 6.07) is 6.93. The normalized spacial score (nSPS) is 12.9. The van der Waals surface area contributed by atoms with Gasteiger partial charge in [0.05, 0.1) is 0 Å². The molecule has 7 heteroatoms. The van der Waals surface area contributed by atoms with Crippen molar-refractivity contribution in [2.45, 2.75) is 29.7 Å². The maximum absolute atomic E-state index is 11.6. The first-order chi connectivity index (χ1) is 8.82. The molecule has 0 radical (unpaired) electrons. The molecule has 19 heavy (non-hydrogen) atoms. The molecule has 0 heterocycles. The molecule has 0 aliphatic carbocycles.